The first kappa shape index (κ1) is 16.9. The summed E-state index contributed by atoms with van der Waals surface area (Å²) in [6, 6.07) is 8.39. The van der Waals surface area contributed by atoms with Crippen LogP contribution in [-0.2, 0) is 14.8 Å². The van der Waals surface area contributed by atoms with Gasteiger partial charge in [-0.3, -0.25) is 4.72 Å². The molecule has 26 heavy (non-hydrogen) atoms. The van der Waals surface area contributed by atoms with Crippen LogP contribution < -0.4 is 19.1 Å². The minimum absolute atomic E-state index is 0.0129. The van der Waals surface area contributed by atoms with Crippen molar-refractivity contribution >= 4 is 21.4 Å². The molecule has 0 saturated carbocycles. The van der Waals surface area contributed by atoms with Crippen LogP contribution in [0.15, 0.2) is 41.3 Å². The molecule has 2 aliphatic heterocycles. The standard InChI is InChI=1S/C17H17FN2O5S/c18-12-1-3-15(20-5-7-23-8-6-20)14(9-12)19-26(21,22)13-2-4-16-17(10-13)25-11-24-16/h1-4,9-10,19H,5-8,11H2. The van der Waals surface area contributed by atoms with Crippen molar-refractivity contribution in [3.05, 3.63) is 42.2 Å². The molecule has 0 unspecified atom stereocenters. The van der Waals surface area contributed by atoms with Gasteiger partial charge in [0.1, 0.15) is 5.82 Å². The van der Waals surface area contributed by atoms with E-state index in [1.54, 1.807) is 6.07 Å². The van der Waals surface area contributed by atoms with Crippen LogP contribution in [0.4, 0.5) is 15.8 Å². The molecular formula is C17H17FN2O5S. The fourth-order valence-electron chi connectivity index (χ4n) is 2.92. The van der Waals surface area contributed by atoms with Gasteiger partial charge in [-0.1, -0.05) is 0 Å². The van der Waals surface area contributed by atoms with Gasteiger partial charge in [0.2, 0.25) is 6.79 Å². The SMILES string of the molecule is O=S(=O)(Nc1cc(F)ccc1N1CCOCC1)c1ccc2c(c1)OCO2. The predicted molar refractivity (Wildman–Crippen MR) is 92.8 cm³/mol. The number of rotatable bonds is 4. The second-order valence-corrected chi connectivity index (χ2v) is 7.56. The molecule has 1 saturated heterocycles. The Morgan fingerprint density at radius 1 is 1.00 bits per heavy atom. The number of anilines is 2. The van der Waals surface area contributed by atoms with E-state index >= 15 is 0 Å². The molecule has 2 heterocycles. The van der Waals surface area contributed by atoms with Crippen LogP contribution in [0.3, 0.4) is 0 Å². The molecule has 1 fully saturated rings. The molecule has 0 atom stereocenters. The normalized spacial score (nSPS) is 16.6. The maximum absolute atomic E-state index is 13.8. The zero-order valence-electron chi connectivity index (χ0n) is 13.8. The highest BCUT2D eigenvalue weighted by Crippen LogP contribution is 2.35. The number of nitrogens with zero attached hydrogens (tertiary/aromatic N) is 1. The highest BCUT2D eigenvalue weighted by Gasteiger charge is 2.23. The lowest BCUT2D eigenvalue weighted by atomic mass is 10.2. The number of sulfonamides is 1. The first-order valence-corrected chi connectivity index (χ1v) is 9.56. The molecule has 1 N–H and O–H groups in total. The Hall–Kier alpha value is -2.52. The molecule has 138 valence electrons. The zero-order valence-corrected chi connectivity index (χ0v) is 14.6. The highest BCUT2D eigenvalue weighted by atomic mass is 32.2. The lowest BCUT2D eigenvalue weighted by Gasteiger charge is -2.30. The number of ether oxygens (including phenoxy) is 3. The lowest BCUT2D eigenvalue weighted by molar-refractivity contribution is 0.123. The topological polar surface area (TPSA) is 77.1 Å². The first-order chi connectivity index (χ1) is 12.5. The first-order valence-electron chi connectivity index (χ1n) is 8.08. The number of morpholine rings is 1. The third-order valence-corrected chi connectivity index (χ3v) is 5.57. The van der Waals surface area contributed by atoms with E-state index < -0.39 is 15.8 Å². The van der Waals surface area contributed by atoms with E-state index in [1.807, 2.05) is 4.90 Å². The third kappa shape index (κ3) is 3.27. The van der Waals surface area contributed by atoms with Crippen molar-refractivity contribution in [3.8, 4) is 11.5 Å². The van der Waals surface area contributed by atoms with Gasteiger partial charge in [-0.25, -0.2) is 12.8 Å². The minimum atomic E-state index is -3.92. The molecule has 0 spiro atoms. The van der Waals surface area contributed by atoms with Crippen molar-refractivity contribution < 1.29 is 27.0 Å². The molecular weight excluding hydrogens is 363 g/mol. The molecule has 2 aromatic carbocycles. The van der Waals surface area contributed by atoms with Crippen molar-refractivity contribution in [1.29, 1.82) is 0 Å². The van der Waals surface area contributed by atoms with E-state index in [-0.39, 0.29) is 17.4 Å². The highest BCUT2D eigenvalue weighted by molar-refractivity contribution is 7.92. The van der Waals surface area contributed by atoms with Gasteiger partial charge in [0, 0.05) is 25.2 Å². The summed E-state index contributed by atoms with van der Waals surface area (Å²) < 4.78 is 57.5. The van der Waals surface area contributed by atoms with E-state index in [1.165, 1.54) is 30.3 Å². The fraction of sp³-hybridized carbons (Fsp3) is 0.294. The van der Waals surface area contributed by atoms with Gasteiger partial charge in [0.25, 0.3) is 10.0 Å². The number of hydrogen-bond donors (Lipinski definition) is 1. The molecule has 4 rings (SSSR count). The number of halogens is 1. The van der Waals surface area contributed by atoms with Gasteiger partial charge in [0.15, 0.2) is 11.5 Å². The van der Waals surface area contributed by atoms with Crippen LogP contribution in [0.1, 0.15) is 0 Å². The summed E-state index contributed by atoms with van der Waals surface area (Å²) in [6.07, 6.45) is 0. The molecule has 9 heteroatoms. The van der Waals surface area contributed by atoms with Crippen LogP contribution in [0.2, 0.25) is 0 Å². The number of benzene rings is 2. The number of nitrogens with one attached hydrogen (secondary N) is 1. The summed E-state index contributed by atoms with van der Waals surface area (Å²) >= 11 is 0. The Morgan fingerprint density at radius 3 is 2.58 bits per heavy atom. The van der Waals surface area contributed by atoms with Crippen LogP contribution >= 0.6 is 0 Å². The van der Waals surface area contributed by atoms with E-state index in [2.05, 4.69) is 4.72 Å². The van der Waals surface area contributed by atoms with Crippen molar-refractivity contribution in [2.24, 2.45) is 0 Å². The maximum Gasteiger partial charge on any atom is 0.262 e. The van der Waals surface area contributed by atoms with E-state index in [0.717, 1.165) is 0 Å². The molecule has 0 radical (unpaired) electrons. The maximum atomic E-state index is 13.8. The van der Waals surface area contributed by atoms with Gasteiger partial charge in [-0.15, -0.1) is 0 Å². The van der Waals surface area contributed by atoms with Crippen molar-refractivity contribution in [2.75, 3.05) is 42.7 Å². The van der Waals surface area contributed by atoms with E-state index in [0.29, 0.717) is 43.5 Å². The summed E-state index contributed by atoms with van der Waals surface area (Å²) in [6.45, 7) is 2.32. The van der Waals surface area contributed by atoms with Crippen LogP contribution in [0, 0.1) is 5.82 Å². The molecule has 0 aliphatic carbocycles. The molecule has 2 aromatic rings. The Balaban J connectivity index is 1.66. The minimum Gasteiger partial charge on any atom is -0.454 e. The average Bonchev–Trinajstić information content (AvgIpc) is 3.10. The number of fused-ring (bicyclic) bond motifs is 1. The summed E-state index contributed by atoms with van der Waals surface area (Å²) in [5.74, 6) is 0.328. The molecule has 7 nitrogen and oxygen atoms in total. The van der Waals surface area contributed by atoms with Crippen molar-refractivity contribution in [2.45, 2.75) is 4.90 Å². The summed E-state index contributed by atoms with van der Waals surface area (Å²) in [7, 11) is -3.92. The summed E-state index contributed by atoms with van der Waals surface area (Å²) in [5, 5.41) is 0. The van der Waals surface area contributed by atoms with Gasteiger partial charge in [-0.05, 0) is 24.3 Å². The zero-order chi connectivity index (χ0) is 18.1. The average molecular weight is 380 g/mol. The Morgan fingerprint density at radius 2 is 1.77 bits per heavy atom. The predicted octanol–water partition coefficient (Wildman–Crippen LogP) is 2.19. The number of hydrogen-bond acceptors (Lipinski definition) is 6. The van der Waals surface area contributed by atoms with Crippen LogP contribution in [-0.4, -0.2) is 41.5 Å². The fourth-order valence-corrected chi connectivity index (χ4v) is 4.00. The van der Waals surface area contributed by atoms with E-state index in [9.17, 15) is 12.8 Å². The monoisotopic (exact) mass is 380 g/mol. The molecule has 2 aliphatic rings. The van der Waals surface area contributed by atoms with Crippen LogP contribution in [0.5, 0.6) is 11.5 Å². The molecule has 0 aromatic heterocycles. The van der Waals surface area contributed by atoms with Crippen molar-refractivity contribution in [1.82, 2.24) is 0 Å². The Kier molecular flexibility index (Phi) is 4.33. The van der Waals surface area contributed by atoms with Gasteiger partial charge < -0.3 is 19.1 Å². The van der Waals surface area contributed by atoms with Gasteiger partial charge in [0.05, 0.1) is 29.5 Å². The van der Waals surface area contributed by atoms with Crippen molar-refractivity contribution in [3.63, 3.8) is 0 Å². The quantitative estimate of drug-likeness (QED) is 0.876. The third-order valence-electron chi connectivity index (χ3n) is 4.21. The second-order valence-electron chi connectivity index (χ2n) is 5.88. The lowest BCUT2D eigenvalue weighted by Crippen LogP contribution is -2.36. The van der Waals surface area contributed by atoms with Crippen LogP contribution in [0.25, 0.3) is 0 Å². The van der Waals surface area contributed by atoms with E-state index in [4.69, 9.17) is 14.2 Å². The molecule has 0 bridgehead atoms. The largest absolute Gasteiger partial charge is 0.454 e. The Bertz CT molecular complexity index is 929. The summed E-state index contributed by atoms with van der Waals surface area (Å²) in [5.41, 5.74) is 0.795. The Labute approximate surface area is 150 Å². The summed E-state index contributed by atoms with van der Waals surface area (Å²) in [4.78, 5) is 1.97. The van der Waals surface area contributed by atoms with Gasteiger partial charge in [-0.2, -0.15) is 0 Å². The van der Waals surface area contributed by atoms with Gasteiger partial charge >= 0.3 is 0 Å². The smallest absolute Gasteiger partial charge is 0.262 e. The second kappa shape index (κ2) is 6.65. The molecule has 0 amide bonds.